The number of halogens is 2. The fourth-order valence-electron chi connectivity index (χ4n) is 3.98. The minimum atomic E-state index is -3.86. The smallest absolute Gasteiger partial charge is 0.244 e. The third kappa shape index (κ3) is 8.36. The van der Waals surface area contributed by atoms with Crippen molar-refractivity contribution >= 4 is 50.7 Å². The zero-order valence-corrected chi connectivity index (χ0v) is 24.3. The number of carbonyl (C=O) groups is 2. The van der Waals surface area contributed by atoms with Gasteiger partial charge in [-0.3, -0.25) is 13.9 Å². The van der Waals surface area contributed by atoms with Gasteiger partial charge < -0.3 is 15.0 Å². The van der Waals surface area contributed by atoms with E-state index in [1.54, 1.807) is 49.4 Å². The Balaban J connectivity index is 1.85. The summed E-state index contributed by atoms with van der Waals surface area (Å²) in [5.74, 6) is -0.389. The number of amides is 2. The normalized spacial score (nSPS) is 11.9. The summed E-state index contributed by atoms with van der Waals surface area (Å²) in [5.41, 5.74) is 1.85. The van der Waals surface area contributed by atoms with Gasteiger partial charge in [0.1, 0.15) is 24.9 Å². The monoisotopic (exact) mass is 591 g/mol. The molecule has 8 nitrogen and oxygen atoms in total. The van der Waals surface area contributed by atoms with Crippen molar-refractivity contribution in [3.05, 3.63) is 94.0 Å². The van der Waals surface area contributed by atoms with Crippen LogP contribution < -0.4 is 14.4 Å². The lowest BCUT2D eigenvalue weighted by Crippen LogP contribution is -2.51. The molecule has 3 aromatic carbocycles. The predicted molar refractivity (Wildman–Crippen MR) is 155 cm³/mol. The molecular weight excluding hydrogens is 561 g/mol. The molecule has 0 radical (unpaired) electrons. The summed E-state index contributed by atoms with van der Waals surface area (Å²) >= 11 is 12.4. The van der Waals surface area contributed by atoms with E-state index < -0.39 is 28.5 Å². The first kappa shape index (κ1) is 30.3. The van der Waals surface area contributed by atoms with Gasteiger partial charge >= 0.3 is 0 Å². The minimum absolute atomic E-state index is 0.00930. The predicted octanol–water partition coefficient (Wildman–Crippen LogP) is 4.89. The number of hydrogen-bond acceptors (Lipinski definition) is 5. The average Bonchev–Trinajstić information content (AvgIpc) is 2.91. The van der Waals surface area contributed by atoms with E-state index in [1.165, 1.54) is 11.9 Å². The van der Waals surface area contributed by atoms with Crippen LogP contribution in [0.3, 0.4) is 0 Å². The third-order valence-electron chi connectivity index (χ3n) is 6.04. The van der Waals surface area contributed by atoms with Gasteiger partial charge in [-0.05, 0) is 53.9 Å². The van der Waals surface area contributed by atoms with Gasteiger partial charge in [-0.2, -0.15) is 0 Å². The van der Waals surface area contributed by atoms with E-state index in [9.17, 15) is 18.0 Å². The standard InChI is InChI=1S/C28H31Cl2N3O5S/c1-4-26(28(35)31-2)32(17-21-10-11-22(29)16-25(21)30)27(34)18-33(39(3,36)37)23-12-14-24(15-13-23)38-19-20-8-6-5-7-9-20/h5-16,26H,4,17-19H2,1-3H3,(H,31,35)/t26-/m0/s1. The summed E-state index contributed by atoms with van der Waals surface area (Å²) in [6, 6.07) is 20.1. The Labute approximate surface area is 239 Å². The Morgan fingerprint density at radius 2 is 1.67 bits per heavy atom. The van der Waals surface area contributed by atoms with E-state index in [1.807, 2.05) is 30.3 Å². The van der Waals surface area contributed by atoms with Gasteiger partial charge in [0.15, 0.2) is 0 Å². The highest BCUT2D eigenvalue weighted by molar-refractivity contribution is 7.92. The average molecular weight is 593 g/mol. The lowest BCUT2D eigenvalue weighted by atomic mass is 10.1. The Morgan fingerprint density at radius 1 is 1.00 bits per heavy atom. The number of rotatable bonds is 12. The second kappa shape index (κ2) is 13.7. The molecule has 0 saturated carbocycles. The molecule has 2 amide bonds. The number of carbonyl (C=O) groups excluding carboxylic acids is 2. The molecule has 0 bridgehead atoms. The molecule has 3 rings (SSSR count). The third-order valence-corrected chi connectivity index (χ3v) is 7.77. The van der Waals surface area contributed by atoms with Crippen molar-refractivity contribution in [1.82, 2.24) is 10.2 Å². The number of nitrogens with one attached hydrogen (secondary N) is 1. The van der Waals surface area contributed by atoms with Gasteiger partial charge in [0, 0.05) is 23.6 Å². The van der Waals surface area contributed by atoms with Crippen LogP contribution in [0.5, 0.6) is 5.75 Å². The van der Waals surface area contributed by atoms with Crippen LogP contribution >= 0.6 is 23.2 Å². The first-order chi connectivity index (χ1) is 18.5. The molecule has 0 fully saturated rings. The maximum atomic E-state index is 13.6. The molecule has 0 heterocycles. The number of nitrogens with zero attached hydrogens (tertiary/aromatic N) is 2. The number of hydrogen-bond donors (Lipinski definition) is 1. The van der Waals surface area contributed by atoms with E-state index in [0.717, 1.165) is 16.1 Å². The van der Waals surface area contributed by atoms with E-state index >= 15 is 0 Å². The second-order valence-corrected chi connectivity index (χ2v) is 11.6. The van der Waals surface area contributed by atoms with Crippen molar-refractivity contribution in [3.63, 3.8) is 0 Å². The van der Waals surface area contributed by atoms with E-state index in [0.29, 0.717) is 34.4 Å². The lowest BCUT2D eigenvalue weighted by Gasteiger charge is -2.32. The summed E-state index contributed by atoms with van der Waals surface area (Å²) in [7, 11) is -2.38. The molecule has 11 heteroatoms. The van der Waals surface area contributed by atoms with Crippen molar-refractivity contribution in [1.29, 1.82) is 0 Å². The molecule has 0 spiro atoms. The molecule has 0 unspecified atom stereocenters. The van der Waals surface area contributed by atoms with E-state index in [2.05, 4.69) is 5.32 Å². The minimum Gasteiger partial charge on any atom is -0.489 e. The molecule has 0 aliphatic rings. The Kier molecular flexibility index (Phi) is 10.6. The molecule has 0 aliphatic heterocycles. The number of anilines is 1. The van der Waals surface area contributed by atoms with Gasteiger partial charge in [-0.15, -0.1) is 0 Å². The molecule has 39 heavy (non-hydrogen) atoms. The molecule has 1 atom stereocenters. The molecular formula is C28H31Cl2N3O5S. The molecule has 0 saturated heterocycles. The first-order valence-corrected chi connectivity index (χ1v) is 14.8. The van der Waals surface area contributed by atoms with Crippen LogP contribution in [0.15, 0.2) is 72.8 Å². The Morgan fingerprint density at radius 3 is 2.23 bits per heavy atom. The maximum absolute atomic E-state index is 13.6. The van der Waals surface area contributed by atoms with E-state index in [-0.39, 0.29) is 18.1 Å². The van der Waals surface area contributed by atoms with Gasteiger partial charge in [0.25, 0.3) is 0 Å². The van der Waals surface area contributed by atoms with Crippen molar-refractivity contribution < 1.29 is 22.7 Å². The van der Waals surface area contributed by atoms with Crippen molar-refractivity contribution in [3.8, 4) is 5.75 Å². The first-order valence-electron chi connectivity index (χ1n) is 12.2. The quantitative estimate of drug-likeness (QED) is 0.323. The van der Waals surface area contributed by atoms with Crippen molar-refractivity contribution in [2.24, 2.45) is 0 Å². The zero-order chi connectivity index (χ0) is 28.6. The molecule has 0 aromatic heterocycles. The summed E-state index contributed by atoms with van der Waals surface area (Å²) in [4.78, 5) is 27.7. The van der Waals surface area contributed by atoms with Crippen molar-refractivity contribution in [2.75, 3.05) is 24.2 Å². The zero-order valence-electron chi connectivity index (χ0n) is 21.9. The van der Waals surface area contributed by atoms with Crippen LogP contribution in [0.25, 0.3) is 0 Å². The summed E-state index contributed by atoms with van der Waals surface area (Å²) in [6.45, 7) is 1.60. The van der Waals surface area contributed by atoms with Crippen LogP contribution in [-0.4, -0.2) is 51.0 Å². The van der Waals surface area contributed by atoms with Crippen LogP contribution in [0.4, 0.5) is 5.69 Å². The molecule has 0 aliphatic carbocycles. The van der Waals surface area contributed by atoms with Crippen LogP contribution in [0.1, 0.15) is 24.5 Å². The van der Waals surface area contributed by atoms with Gasteiger partial charge in [-0.25, -0.2) is 8.42 Å². The fraction of sp³-hybridized carbons (Fsp3) is 0.286. The Hall–Kier alpha value is -3.27. The lowest BCUT2D eigenvalue weighted by molar-refractivity contribution is -0.140. The number of ether oxygens (including phenoxy) is 1. The number of benzene rings is 3. The van der Waals surface area contributed by atoms with Crippen LogP contribution in [-0.2, 0) is 32.8 Å². The summed E-state index contributed by atoms with van der Waals surface area (Å²) in [5, 5.41) is 3.33. The largest absolute Gasteiger partial charge is 0.489 e. The second-order valence-electron chi connectivity index (χ2n) is 8.83. The molecule has 208 valence electrons. The highest BCUT2D eigenvalue weighted by Gasteiger charge is 2.31. The molecule has 1 N–H and O–H groups in total. The summed E-state index contributed by atoms with van der Waals surface area (Å²) < 4.78 is 32.3. The number of likely N-dealkylation sites (N-methyl/N-ethyl adjacent to an activating group) is 1. The Bertz CT molecular complexity index is 1390. The van der Waals surface area contributed by atoms with Crippen LogP contribution in [0, 0.1) is 0 Å². The number of sulfonamides is 1. The SMILES string of the molecule is CC[C@@H](C(=O)NC)N(Cc1ccc(Cl)cc1Cl)C(=O)CN(c1ccc(OCc2ccccc2)cc1)S(C)(=O)=O. The maximum Gasteiger partial charge on any atom is 0.244 e. The highest BCUT2D eigenvalue weighted by atomic mass is 35.5. The van der Waals surface area contributed by atoms with Gasteiger partial charge in [-0.1, -0.05) is 66.5 Å². The highest BCUT2D eigenvalue weighted by Crippen LogP contribution is 2.26. The fourth-order valence-corrected chi connectivity index (χ4v) is 5.30. The molecule has 3 aromatic rings. The van der Waals surface area contributed by atoms with E-state index in [4.69, 9.17) is 27.9 Å². The van der Waals surface area contributed by atoms with Crippen molar-refractivity contribution in [2.45, 2.75) is 32.5 Å². The van der Waals surface area contributed by atoms with Gasteiger partial charge in [0.2, 0.25) is 21.8 Å². The summed E-state index contributed by atoms with van der Waals surface area (Å²) in [6.07, 6.45) is 1.33. The topological polar surface area (TPSA) is 96.0 Å². The van der Waals surface area contributed by atoms with Crippen LogP contribution in [0.2, 0.25) is 10.0 Å². The van der Waals surface area contributed by atoms with Gasteiger partial charge in [0.05, 0.1) is 11.9 Å².